The number of carbonyl (C=O) groups excluding carboxylic acids is 2. The second-order valence-corrected chi connectivity index (χ2v) is 4.82. The SMILES string of the molecule is CNC(=O)c1noc(CNC(=O)N(C)[C@H](C)c2cccnc2)n1. The maximum atomic E-state index is 12.2. The molecule has 0 aliphatic carbocycles. The lowest BCUT2D eigenvalue weighted by Gasteiger charge is -2.25. The lowest BCUT2D eigenvalue weighted by molar-refractivity contribution is 0.0950. The highest BCUT2D eigenvalue weighted by molar-refractivity contribution is 5.89. The first kappa shape index (κ1) is 16.4. The van der Waals surface area contributed by atoms with Gasteiger partial charge in [0.25, 0.3) is 11.7 Å². The molecular weight excluding hydrogens is 300 g/mol. The molecule has 3 amide bonds. The van der Waals surface area contributed by atoms with Crippen LogP contribution in [-0.2, 0) is 6.54 Å². The van der Waals surface area contributed by atoms with Crippen molar-refractivity contribution in [1.82, 2.24) is 30.7 Å². The van der Waals surface area contributed by atoms with E-state index < -0.39 is 5.91 Å². The van der Waals surface area contributed by atoms with E-state index in [0.717, 1.165) is 5.56 Å². The Kier molecular flexibility index (Phi) is 5.23. The van der Waals surface area contributed by atoms with Gasteiger partial charge in [-0.2, -0.15) is 4.98 Å². The van der Waals surface area contributed by atoms with Crippen LogP contribution in [-0.4, -0.2) is 46.1 Å². The Labute approximate surface area is 133 Å². The molecule has 2 rings (SSSR count). The van der Waals surface area contributed by atoms with Crippen LogP contribution < -0.4 is 10.6 Å². The molecule has 0 unspecified atom stereocenters. The fourth-order valence-electron chi connectivity index (χ4n) is 1.83. The predicted octanol–water partition coefficient (Wildman–Crippen LogP) is 0.727. The van der Waals surface area contributed by atoms with Gasteiger partial charge < -0.3 is 20.1 Å². The van der Waals surface area contributed by atoms with Gasteiger partial charge in [-0.25, -0.2) is 4.79 Å². The molecule has 2 N–H and O–H groups in total. The molecule has 9 heteroatoms. The Bertz CT molecular complexity index is 672. The van der Waals surface area contributed by atoms with Crippen LogP contribution in [0.1, 0.15) is 35.0 Å². The number of pyridine rings is 1. The summed E-state index contributed by atoms with van der Waals surface area (Å²) in [6, 6.07) is 3.26. The second-order valence-electron chi connectivity index (χ2n) is 4.82. The highest BCUT2D eigenvalue weighted by Gasteiger charge is 2.19. The van der Waals surface area contributed by atoms with Gasteiger partial charge in [-0.3, -0.25) is 9.78 Å². The maximum Gasteiger partial charge on any atom is 0.318 e. The zero-order valence-electron chi connectivity index (χ0n) is 13.1. The largest absolute Gasteiger partial charge is 0.352 e. The average molecular weight is 318 g/mol. The first-order chi connectivity index (χ1) is 11.0. The van der Waals surface area contributed by atoms with Crippen LogP contribution in [0.25, 0.3) is 0 Å². The number of nitrogens with zero attached hydrogens (tertiary/aromatic N) is 4. The minimum Gasteiger partial charge on any atom is -0.352 e. The summed E-state index contributed by atoms with van der Waals surface area (Å²) in [7, 11) is 3.14. The Hall–Kier alpha value is -2.97. The number of urea groups is 1. The van der Waals surface area contributed by atoms with E-state index in [9.17, 15) is 9.59 Å². The number of hydrogen-bond donors (Lipinski definition) is 2. The van der Waals surface area contributed by atoms with E-state index in [1.807, 2.05) is 19.1 Å². The van der Waals surface area contributed by atoms with E-state index in [1.165, 1.54) is 11.9 Å². The summed E-state index contributed by atoms with van der Waals surface area (Å²) in [4.78, 5) is 32.9. The molecule has 0 aliphatic heterocycles. The van der Waals surface area contributed by atoms with Gasteiger partial charge in [0.15, 0.2) is 0 Å². The molecule has 122 valence electrons. The summed E-state index contributed by atoms with van der Waals surface area (Å²) in [5, 5.41) is 8.56. The molecule has 9 nitrogen and oxygen atoms in total. The summed E-state index contributed by atoms with van der Waals surface area (Å²) in [6.45, 7) is 1.93. The third-order valence-corrected chi connectivity index (χ3v) is 3.36. The van der Waals surface area contributed by atoms with Crippen molar-refractivity contribution in [1.29, 1.82) is 0 Å². The molecule has 0 aliphatic rings. The summed E-state index contributed by atoms with van der Waals surface area (Å²) < 4.78 is 4.90. The molecule has 2 aromatic heterocycles. The maximum absolute atomic E-state index is 12.2. The van der Waals surface area contributed by atoms with E-state index in [0.29, 0.717) is 0 Å². The number of rotatable bonds is 5. The molecule has 2 aromatic rings. The Morgan fingerprint density at radius 1 is 1.43 bits per heavy atom. The molecule has 0 spiro atoms. The van der Waals surface area contributed by atoms with Gasteiger partial charge in [0.1, 0.15) is 0 Å². The molecular formula is C14H18N6O3. The smallest absolute Gasteiger partial charge is 0.318 e. The van der Waals surface area contributed by atoms with Gasteiger partial charge in [-0.15, -0.1) is 0 Å². The third-order valence-electron chi connectivity index (χ3n) is 3.36. The van der Waals surface area contributed by atoms with Gasteiger partial charge >= 0.3 is 6.03 Å². The lowest BCUT2D eigenvalue weighted by Crippen LogP contribution is -2.38. The number of amides is 3. The van der Waals surface area contributed by atoms with E-state index >= 15 is 0 Å². The van der Waals surface area contributed by atoms with Crippen molar-refractivity contribution in [2.45, 2.75) is 19.5 Å². The van der Waals surface area contributed by atoms with Crippen molar-refractivity contribution >= 4 is 11.9 Å². The van der Waals surface area contributed by atoms with Gasteiger partial charge in [-0.1, -0.05) is 11.2 Å². The predicted molar refractivity (Wildman–Crippen MR) is 80.3 cm³/mol. The molecule has 23 heavy (non-hydrogen) atoms. The van der Waals surface area contributed by atoms with Crippen LogP contribution in [0.3, 0.4) is 0 Å². The van der Waals surface area contributed by atoms with Crippen LogP contribution >= 0.6 is 0 Å². The fraction of sp³-hybridized carbons (Fsp3) is 0.357. The van der Waals surface area contributed by atoms with Crippen LogP contribution in [0.2, 0.25) is 0 Å². The molecule has 1 atom stereocenters. The van der Waals surface area contributed by atoms with E-state index in [2.05, 4.69) is 25.8 Å². The second kappa shape index (κ2) is 7.34. The molecule has 0 bridgehead atoms. The van der Waals surface area contributed by atoms with E-state index in [4.69, 9.17) is 4.52 Å². The number of carbonyl (C=O) groups is 2. The van der Waals surface area contributed by atoms with Crippen LogP contribution in [0.4, 0.5) is 4.79 Å². The lowest BCUT2D eigenvalue weighted by atomic mass is 10.1. The standard InChI is InChI=1S/C14H18N6O3/c1-9(10-5-4-6-16-7-10)20(3)14(22)17-8-11-18-12(19-23-11)13(21)15-2/h4-7,9H,8H2,1-3H3,(H,15,21)(H,17,22)/t9-/m1/s1. The fourth-order valence-corrected chi connectivity index (χ4v) is 1.83. The first-order valence-electron chi connectivity index (χ1n) is 6.98. The Morgan fingerprint density at radius 2 is 2.22 bits per heavy atom. The minimum absolute atomic E-state index is 0.0347. The van der Waals surface area contributed by atoms with Crippen LogP contribution in [0, 0.1) is 0 Å². The van der Waals surface area contributed by atoms with Gasteiger partial charge in [0.2, 0.25) is 5.89 Å². The zero-order valence-corrected chi connectivity index (χ0v) is 13.1. The molecule has 2 heterocycles. The highest BCUT2D eigenvalue weighted by Crippen LogP contribution is 2.17. The molecule has 0 saturated carbocycles. The summed E-state index contributed by atoms with van der Waals surface area (Å²) >= 11 is 0. The normalized spacial score (nSPS) is 11.6. The highest BCUT2D eigenvalue weighted by atomic mass is 16.5. The van der Waals surface area contributed by atoms with Crippen molar-refractivity contribution in [3.8, 4) is 0 Å². The molecule has 0 aromatic carbocycles. The molecule has 0 saturated heterocycles. The van der Waals surface area contributed by atoms with Gasteiger partial charge in [0, 0.05) is 26.5 Å². The van der Waals surface area contributed by atoms with Gasteiger partial charge in [0.05, 0.1) is 12.6 Å². The van der Waals surface area contributed by atoms with Crippen molar-refractivity contribution in [2.75, 3.05) is 14.1 Å². The average Bonchev–Trinajstić information content (AvgIpc) is 3.07. The Morgan fingerprint density at radius 3 is 2.87 bits per heavy atom. The quantitative estimate of drug-likeness (QED) is 0.840. The van der Waals surface area contributed by atoms with Crippen molar-refractivity contribution in [3.05, 3.63) is 41.8 Å². The summed E-state index contributed by atoms with van der Waals surface area (Å²) in [6.07, 6.45) is 3.39. The molecule has 0 radical (unpaired) electrons. The Balaban J connectivity index is 1.91. The number of hydrogen-bond acceptors (Lipinski definition) is 6. The summed E-state index contributed by atoms with van der Waals surface area (Å²) in [5.41, 5.74) is 0.921. The van der Waals surface area contributed by atoms with Crippen LogP contribution in [0.15, 0.2) is 29.0 Å². The third kappa shape index (κ3) is 4.02. The minimum atomic E-state index is -0.450. The monoisotopic (exact) mass is 318 g/mol. The topological polar surface area (TPSA) is 113 Å². The van der Waals surface area contributed by atoms with E-state index in [-0.39, 0.29) is 30.3 Å². The summed E-state index contributed by atoms with van der Waals surface area (Å²) in [5.74, 6) is -0.373. The van der Waals surface area contributed by atoms with Crippen molar-refractivity contribution in [3.63, 3.8) is 0 Å². The van der Waals surface area contributed by atoms with Crippen molar-refractivity contribution in [2.24, 2.45) is 0 Å². The van der Waals surface area contributed by atoms with Gasteiger partial charge in [-0.05, 0) is 18.6 Å². The van der Waals surface area contributed by atoms with E-state index in [1.54, 1.807) is 19.4 Å². The van der Waals surface area contributed by atoms with Crippen LogP contribution in [0.5, 0.6) is 0 Å². The number of nitrogens with one attached hydrogen (secondary N) is 2. The number of aromatic nitrogens is 3. The first-order valence-corrected chi connectivity index (χ1v) is 6.98. The molecule has 0 fully saturated rings. The zero-order chi connectivity index (χ0) is 16.8. The van der Waals surface area contributed by atoms with Crippen molar-refractivity contribution < 1.29 is 14.1 Å².